The van der Waals surface area contributed by atoms with E-state index in [9.17, 15) is 13.2 Å². The summed E-state index contributed by atoms with van der Waals surface area (Å²) in [6.45, 7) is 5.50. The summed E-state index contributed by atoms with van der Waals surface area (Å²) in [4.78, 5) is 12.0. The first-order valence-electron chi connectivity index (χ1n) is 7.11. The van der Waals surface area contributed by atoms with E-state index in [-0.39, 0.29) is 12.6 Å². The van der Waals surface area contributed by atoms with Crippen LogP contribution in [0, 0.1) is 12.8 Å². The maximum absolute atomic E-state index is 12.6. The molecule has 1 heterocycles. The summed E-state index contributed by atoms with van der Waals surface area (Å²) in [6, 6.07) is 6.67. The van der Waals surface area contributed by atoms with Crippen molar-refractivity contribution in [3.05, 3.63) is 29.8 Å². The van der Waals surface area contributed by atoms with Crippen LogP contribution in [0.3, 0.4) is 0 Å². The minimum Gasteiger partial charge on any atom is -0.466 e. The monoisotopic (exact) mass is 327 g/mol. The zero-order valence-corrected chi connectivity index (χ0v) is 13.6. The zero-order valence-electron chi connectivity index (χ0n) is 12.8. The lowest BCUT2D eigenvalue weighted by Gasteiger charge is -2.20. The van der Waals surface area contributed by atoms with Crippen molar-refractivity contribution in [2.45, 2.75) is 32.2 Å². The molecule has 1 saturated heterocycles. The molecule has 8 heteroatoms. The molecule has 0 spiro atoms. The normalized spacial score (nSPS) is 25.0. The quantitative estimate of drug-likeness (QED) is 0.690. The van der Waals surface area contributed by atoms with E-state index in [0.717, 1.165) is 5.56 Å². The summed E-state index contributed by atoms with van der Waals surface area (Å²) in [6.07, 6.45) is 0. The molecule has 1 aliphatic heterocycles. The van der Waals surface area contributed by atoms with Gasteiger partial charge in [-0.2, -0.15) is 0 Å². The first-order chi connectivity index (χ1) is 10.3. The van der Waals surface area contributed by atoms with Crippen LogP contribution >= 0.6 is 0 Å². The average molecular weight is 327 g/mol. The third-order valence-corrected chi connectivity index (χ3v) is 5.09. The lowest BCUT2D eigenvalue weighted by Crippen LogP contribution is -2.44. The van der Waals surface area contributed by atoms with Gasteiger partial charge < -0.3 is 4.74 Å². The molecule has 1 aromatic carbocycles. The summed E-state index contributed by atoms with van der Waals surface area (Å²) in [5.74, 6) is -1.35. The summed E-state index contributed by atoms with van der Waals surface area (Å²) < 4.78 is 32.6. The Morgan fingerprint density at radius 2 is 2.09 bits per heavy atom. The lowest BCUT2D eigenvalue weighted by molar-refractivity contribution is -0.148. The van der Waals surface area contributed by atoms with Crippen LogP contribution in [0.15, 0.2) is 24.3 Å². The minimum absolute atomic E-state index is 0.208. The predicted molar refractivity (Wildman–Crippen MR) is 83.4 cm³/mol. The number of sulfonamides is 1. The SMILES string of the molecule is CCOC(=O)C1C(C)NNC1S(=O)(=O)Nc1cccc(C)c1. The number of esters is 1. The topological polar surface area (TPSA) is 96.5 Å². The fourth-order valence-electron chi connectivity index (χ4n) is 2.43. The molecule has 122 valence electrons. The van der Waals surface area contributed by atoms with Crippen molar-refractivity contribution < 1.29 is 17.9 Å². The van der Waals surface area contributed by atoms with Crippen molar-refractivity contribution in [2.75, 3.05) is 11.3 Å². The molecule has 0 amide bonds. The highest BCUT2D eigenvalue weighted by Gasteiger charge is 2.46. The molecule has 22 heavy (non-hydrogen) atoms. The lowest BCUT2D eigenvalue weighted by atomic mass is 10.0. The molecular formula is C14H21N3O4S. The number of hydrogen-bond acceptors (Lipinski definition) is 6. The van der Waals surface area contributed by atoms with Crippen LogP contribution in [0.2, 0.25) is 0 Å². The molecule has 1 aliphatic rings. The number of benzene rings is 1. The Bertz CT molecular complexity index is 647. The van der Waals surface area contributed by atoms with E-state index in [1.165, 1.54) is 0 Å². The molecule has 0 saturated carbocycles. The van der Waals surface area contributed by atoms with Crippen molar-refractivity contribution >= 4 is 21.7 Å². The first kappa shape index (κ1) is 16.7. The number of hydrazine groups is 1. The Morgan fingerprint density at radius 3 is 2.73 bits per heavy atom. The Labute approximate surface area is 130 Å². The third kappa shape index (κ3) is 3.57. The largest absolute Gasteiger partial charge is 0.466 e. The molecule has 1 aromatic rings. The minimum atomic E-state index is -3.80. The first-order valence-corrected chi connectivity index (χ1v) is 8.65. The highest BCUT2D eigenvalue weighted by molar-refractivity contribution is 7.93. The molecule has 0 aromatic heterocycles. The molecule has 1 fully saturated rings. The van der Waals surface area contributed by atoms with Crippen molar-refractivity contribution in [2.24, 2.45) is 5.92 Å². The number of anilines is 1. The van der Waals surface area contributed by atoms with Gasteiger partial charge in [0.05, 0.1) is 6.61 Å². The Kier molecular flexibility index (Phi) is 5.05. The van der Waals surface area contributed by atoms with E-state index >= 15 is 0 Å². The smallest absolute Gasteiger partial charge is 0.313 e. The van der Waals surface area contributed by atoms with Crippen LogP contribution in [0.1, 0.15) is 19.4 Å². The van der Waals surface area contributed by atoms with Gasteiger partial charge in [0, 0.05) is 11.7 Å². The summed E-state index contributed by atoms with van der Waals surface area (Å²) in [5.41, 5.74) is 6.86. The molecule has 3 unspecified atom stereocenters. The fourth-order valence-corrected chi connectivity index (χ4v) is 3.97. The Balaban J connectivity index is 2.22. The number of carbonyl (C=O) groups excluding carboxylic acids is 1. The maximum atomic E-state index is 12.6. The summed E-state index contributed by atoms with van der Waals surface area (Å²) in [7, 11) is -3.80. The van der Waals surface area contributed by atoms with Crippen LogP contribution in [-0.4, -0.2) is 32.4 Å². The number of rotatable bonds is 5. The van der Waals surface area contributed by atoms with E-state index in [0.29, 0.717) is 5.69 Å². The van der Waals surface area contributed by atoms with Gasteiger partial charge in [0.1, 0.15) is 5.92 Å². The molecule has 2 rings (SSSR count). The molecule has 0 aliphatic carbocycles. The van der Waals surface area contributed by atoms with Crippen LogP contribution < -0.4 is 15.6 Å². The average Bonchev–Trinajstić information content (AvgIpc) is 2.81. The van der Waals surface area contributed by atoms with E-state index < -0.39 is 27.3 Å². The maximum Gasteiger partial charge on any atom is 0.313 e. The van der Waals surface area contributed by atoms with Crippen molar-refractivity contribution in [3.8, 4) is 0 Å². The molecular weight excluding hydrogens is 306 g/mol. The second-order valence-corrected chi connectivity index (χ2v) is 7.09. The zero-order chi connectivity index (χ0) is 16.3. The molecule has 3 N–H and O–H groups in total. The molecule has 7 nitrogen and oxygen atoms in total. The second kappa shape index (κ2) is 6.64. The standard InChI is InChI=1S/C14H21N3O4S/c1-4-21-14(18)12-10(3)15-16-13(12)22(19,20)17-11-7-5-6-9(2)8-11/h5-8,10,12-13,15-17H,4H2,1-3H3. The van der Waals surface area contributed by atoms with Crippen molar-refractivity contribution in [1.82, 2.24) is 10.9 Å². The second-order valence-electron chi connectivity index (χ2n) is 5.29. The van der Waals surface area contributed by atoms with Gasteiger partial charge in [-0.1, -0.05) is 12.1 Å². The number of aryl methyl sites for hydroxylation is 1. The van der Waals surface area contributed by atoms with Gasteiger partial charge in [0.2, 0.25) is 0 Å². The van der Waals surface area contributed by atoms with Gasteiger partial charge in [-0.15, -0.1) is 0 Å². The van der Waals surface area contributed by atoms with Gasteiger partial charge in [0.25, 0.3) is 10.0 Å². The van der Waals surface area contributed by atoms with Crippen LogP contribution in [-0.2, 0) is 19.6 Å². The van der Waals surface area contributed by atoms with E-state index in [1.807, 2.05) is 13.0 Å². The van der Waals surface area contributed by atoms with Gasteiger partial charge in [0.15, 0.2) is 5.37 Å². The summed E-state index contributed by atoms with van der Waals surface area (Å²) >= 11 is 0. The van der Waals surface area contributed by atoms with E-state index in [2.05, 4.69) is 15.6 Å². The predicted octanol–water partition coefficient (Wildman–Crippen LogP) is 0.738. The van der Waals surface area contributed by atoms with Gasteiger partial charge in [-0.05, 0) is 38.5 Å². The van der Waals surface area contributed by atoms with Crippen molar-refractivity contribution in [1.29, 1.82) is 0 Å². The molecule has 0 bridgehead atoms. The Morgan fingerprint density at radius 1 is 1.36 bits per heavy atom. The van der Waals surface area contributed by atoms with Gasteiger partial charge in [-0.25, -0.2) is 13.8 Å². The molecule has 0 radical (unpaired) electrons. The van der Waals surface area contributed by atoms with Crippen molar-refractivity contribution in [3.63, 3.8) is 0 Å². The van der Waals surface area contributed by atoms with Gasteiger partial charge in [-0.3, -0.25) is 14.9 Å². The third-order valence-electron chi connectivity index (χ3n) is 3.49. The number of nitrogens with one attached hydrogen (secondary N) is 3. The van der Waals surface area contributed by atoms with Crippen LogP contribution in [0.5, 0.6) is 0 Å². The Hall–Kier alpha value is -1.64. The summed E-state index contributed by atoms with van der Waals surface area (Å²) in [5, 5.41) is -1.10. The fraction of sp³-hybridized carbons (Fsp3) is 0.500. The number of carbonyl (C=O) groups is 1. The van der Waals surface area contributed by atoms with Crippen LogP contribution in [0.25, 0.3) is 0 Å². The van der Waals surface area contributed by atoms with Crippen LogP contribution in [0.4, 0.5) is 5.69 Å². The molecule has 3 atom stereocenters. The van der Waals surface area contributed by atoms with E-state index in [1.54, 1.807) is 32.0 Å². The number of hydrogen-bond donors (Lipinski definition) is 3. The number of ether oxygens (including phenoxy) is 1. The van der Waals surface area contributed by atoms with Gasteiger partial charge >= 0.3 is 5.97 Å². The highest BCUT2D eigenvalue weighted by Crippen LogP contribution is 2.23. The highest BCUT2D eigenvalue weighted by atomic mass is 32.2. The van der Waals surface area contributed by atoms with E-state index in [4.69, 9.17) is 4.74 Å².